The summed E-state index contributed by atoms with van der Waals surface area (Å²) in [6, 6.07) is 46.5. The van der Waals surface area contributed by atoms with Crippen LogP contribution in [0.4, 0.5) is 0 Å². The van der Waals surface area contributed by atoms with Crippen molar-refractivity contribution in [3.05, 3.63) is 181 Å². The number of rotatable bonds is 5. The number of hydrogen-bond acceptors (Lipinski definition) is 3. The fourth-order valence-electron chi connectivity index (χ4n) is 8.73. The molecular formula is C52H36N2S. The largest absolute Gasteiger partial charge is 0.252 e. The molecule has 0 bridgehead atoms. The molecule has 0 amide bonds. The fourth-order valence-corrected chi connectivity index (χ4v) is 10.1. The Morgan fingerprint density at radius 2 is 1.16 bits per heavy atom. The molecule has 2 aromatic heterocycles. The summed E-state index contributed by atoms with van der Waals surface area (Å²) in [6.07, 6.45) is 20.2. The molecule has 0 aliphatic heterocycles. The molecule has 2 nitrogen and oxygen atoms in total. The van der Waals surface area contributed by atoms with Crippen molar-refractivity contribution in [1.29, 1.82) is 0 Å². The van der Waals surface area contributed by atoms with E-state index in [1.165, 1.54) is 69.9 Å². The summed E-state index contributed by atoms with van der Waals surface area (Å²) in [5, 5.41) is 7.27. The van der Waals surface area contributed by atoms with Gasteiger partial charge in [0, 0.05) is 42.1 Å². The van der Waals surface area contributed by atoms with E-state index in [-0.39, 0.29) is 0 Å². The van der Waals surface area contributed by atoms with Gasteiger partial charge in [0.15, 0.2) is 0 Å². The molecule has 7 aromatic carbocycles. The average Bonchev–Trinajstić information content (AvgIpc) is 3.65. The smallest absolute Gasteiger partial charge is 0.0979 e. The number of allylic oxidation sites excluding steroid dienone is 8. The molecule has 0 radical (unpaired) electrons. The van der Waals surface area contributed by atoms with Crippen LogP contribution in [0.5, 0.6) is 0 Å². The Balaban J connectivity index is 1.18. The highest BCUT2D eigenvalue weighted by Crippen LogP contribution is 2.48. The Hall–Kier alpha value is -6.42. The van der Waals surface area contributed by atoms with Crippen molar-refractivity contribution in [1.82, 2.24) is 9.97 Å². The van der Waals surface area contributed by atoms with Gasteiger partial charge in [0.25, 0.3) is 0 Å². The summed E-state index contributed by atoms with van der Waals surface area (Å²) in [5.41, 5.74) is 14.0. The maximum Gasteiger partial charge on any atom is 0.0979 e. The van der Waals surface area contributed by atoms with Gasteiger partial charge in [-0.25, -0.2) is 4.98 Å². The van der Waals surface area contributed by atoms with Crippen molar-refractivity contribution in [2.45, 2.75) is 25.7 Å². The second-order valence-corrected chi connectivity index (χ2v) is 15.7. The summed E-state index contributed by atoms with van der Waals surface area (Å²) in [4.78, 5) is 10.6. The van der Waals surface area contributed by atoms with Crippen molar-refractivity contribution in [3.63, 3.8) is 0 Å². The first-order valence-corrected chi connectivity index (χ1v) is 20.1. The predicted octanol–water partition coefficient (Wildman–Crippen LogP) is 14.8. The minimum Gasteiger partial charge on any atom is -0.252 e. The van der Waals surface area contributed by atoms with Crippen LogP contribution in [-0.4, -0.2) is 9.97 Å². The van der Waals surface area contributed by atoms with Crippen molar-refractivity contribution in [3.8, 4) is 33.5 Å². The number of benzene rings is 7. The molecule has 0 saturated carbocycles. The molecular weight excluding hydrogens is 685 g/mol. The van der Waals surface area contributed by atoms with Crippen LogP contribution in [0.15, 0.2) is 170 Å². The van der Waals surface area contributed by atoms with Gasteiger partial charge in [-0.05, 0) is 99.7 Å². The van der Waals surface area contributed by atoms with E-state index in [9.17, 15) is 0 Å². The maximum atomic E-state index is 5.43. The first kappa shape index (κ1) is 32.0. The van der Waals surface area contributed by atoms with E-state index in [1.807, 2.05) is 17.5 Å². The lowest BCUT2D eigenvalue weighted by Crippen LogP contribution is -1.94. The van der Waals surface area contributed by atoms with Gasteiger partial charge < -0.3 is 0 Å². The standard InChI is InChI=1S/C52H36N2S/c1-4-16-33(17-5-1)36-28-44(34-18-6-2-7-19-34)51-46(29-36)47-31-37(30-45(52(47)55-51)35-20-8-3-9-21-35)38-22-10-13-25-41(38)48-32-53-49-42-26-14-11-23-39(42)40-24-12-15-27-43(40)50(49)54-48/h1,3-4,6,8-16,18-32H,2,5,7,17H2. The minimum absolute atomic E-state index is 0.873. The summed E-state index contributed by atoms with van der Waals surface area (Å²) >= 11 is 1.94. The maximum absolute atomic E-state index is 5.43. The summed E-state index contributed by atoms with van der Waals surface area (Å²) in [7, 11) is 0. The SMILES string of the molecule is C1=CCCC(c2cc(C3=CCCC=C3)c3sc4c(-c5ccccc5)cc(-c5ccccc5-c5cnc6c7ccccc7c7ccccc7c6n5)cc4c3c2)=C1. The lowest BCUT2D eigenvalue weighted by Gasteiger charge is -2.15. The first-order chi connectivity index (χ1) is 27.3. The Bertz CT molecular complexity index is 3100. The van der Waals surface area contributed by atoms with Crippen LogP contribution in [0.3, 0.4) is 0 Å². The fraction of sp³-hybridized carbons (Fsp3) is 0.0769. The molecule has 9 aromatic rings. The van der Waals surface area contributed by atoms with Crippen LogP contribution in [0.2, 0.25) is 0 Å². The zero-order chi connectivity index (χ0) is 36.3. The Morgan fingerprint density at radius 3 is 1.91 bits per heavy atom. The van der Waals surface area contributed by atoms with Crippen LogP contribution < -0.4 is 0 Å². The number of nitrogens with zero attached hydrogens (tertiary/aromatic N) is 2. The molecule has 0 fully saturated rings. The molecule has 2 heterocycles. The van der Waals surface area contributed by atoms with E-state index in [1.54, 1.807) is 0 Å². The highest BCUT2D eigenvalue weighted by molar-refractivity contribution is 7.26. The van der Waals surface area contributed by atoms with E-state index in [0.29, 0.717) is 0 Å². The predicted molar refractivity (Wildman–Crippen MR) is 236 cm³/mol. The van der Waals surface area contributed by atoms with Crippen LogP contribution in [-0.2, 0) is 0 Å². The van der Waals surface area contributed by atoms with Gasteiger partial charge in [0.2, 0.25) is 0 Å². The Kier molecular flexibility index (Phi) is 7.67. The molecule has 2 aliphatic carbocycles. The van der Waals surface area contributed by atoms with E-state index < -0.39 is 0 Å². The molecule has 3 heteroatoms. The number of aromatic nitrogens is 2. The third-order valence-corrected chi connectivity index (χ3v) is 12.7. The Morgan fingerprint density at radius 1 is 0.491 bits per heavy atom. The van der Waals surface area contributed by atoms with Crippen LogP contribution >= 0.6 is 11.3 Å². The van der Waals surface area contributed by atoms with Crippen molar-refractivity contribution in [2.24, 2.45) is 0 Å². The molecule has 55 heavy (non-hydrogen) atoms. The van der Waals surface area contributed by atoms with Crippen molar-refractivity contribution < 1.29 is 0 Å². The number of fused-ring (bicyclic) bond motifs is 9. The molecule has 0 saturated heterocycles. The summed E-state index contributed by atoms with van der Waals surface area (Å²) in [5.74, 6) is 0. The van der Waals surface area contributed by atoms with E-state index in [2.05, 4.69) is 164 Å². The molecule has 0 atom stereocenters. The van der Waals surface area contributed by atoms with Crippen LogP contribution in [0.1, 0.15) is 36.8 Å². The second-order valence-electron chi connectivity index (χ2n) is 14.7. The van der Waals surface area contributed by atoms with Gasteiger partial charge in [0.1, 0.15) is 0 Å². The van der Waals surface area contributed by atoms with E-state index >= 15 is 0 Å². The molecule has 0 N–H and O–H groups in total. The zero-order valence-corrected chi connectivity index (χ0v) is 31.1. The highest BCUT2D eigenvalue weighted by atomic mass is 32.1. The lowest BCUT2D eigenvalue weighted by atomic mass is 9.89. The monoisotopic (exact) mass is 720 g/mol. The van der Waals surface area contributed by atoms with Crippen molar-refractivity contribution in [2.75, 3.05) is 0 Å². The number of hydrogen-bond donors (Lipinski definition) is 0. The molecule has 11 rings (SSSR count). The molecule has 2 aliphatic rings. The van der Waals surface area contributed by atoms with Crippen LogP contribution in [0, 0.1) is 0 Å². The third kappa shape index (κ3) is 5.38. The molecule has 0 spiro atoms. The second kappa shape index (κ2) is 13.2. The Labute approximate surface area is 324 Å². The quantitative estimate of drug-likeness (QED) is 0.165. The molecule has 260 valence electrons. The normalized spacial score (nSPS) is 14.3. The van der Waals surface area contributed by atoms with E-state index in [0.717, 1.165) is 64.3 Å². The van der Waals surface area contributed by atoms with Crippen LogP contribution in [0.25, 0.3) is 97.4 Å². The summed E-state index contributed by atoms with van der Waals surface area (Å²) in [6.45, 7) is 0. The number of thiophene rings is 1. The van der Waals surface area contributed by atoms with Gasteiger partial charge >= 0.3 is 0 Å². The average molecular weight is 721 g/mol. The first-order valence-electron chi connectivity index (χ1n) is 19.3. The minimum atomic E-state index is 0.873. The highest BCUT2D eigenvalue weighted by Gasteiger charge is 2.21. The van der Waals surface area contributed by atoms with Gasteiger partial charge in [-0.3, -0.25) is 4.98 Å². The van der Waals surface area contributed by atoms with E-state index in [4.69, 9.17) is 9.97 Å². The van der Waals surface area contributed by atoms with Gasteiger partial charge in [-0.2, -0.15) is 0 Å². The summed E-state index contributed by atoms with van der Waals surface area (Å²) < 4.78 is 2.67. The van der Waals surface area contributed by atoms with Crippen molar-refractivity contribution >= 4 is 75.2 Å². The zero-order valence-electron chi connectivity index (χ0n) is 30.3. The molecule has 0 unspecified atom stereocenters. The lowest BCUT2D eigenvalue weighted by molar-refractivity contribution is 1.04. The van der Waals surface area contributed by atoms with Gasteiger partial charge in [-0.15, -0.1) is 11.3 Å². The van der Waals surface area contributed by atoms with Gasteiger partial charge in [0.05, 0.1) is 22.9 Å². The third-order valence-electron chi connectivity index (χ3n) is 11.4. The van der Waals surface area contributed by atoms with Gasteiger partial charge in [-0.1, -0.05) is 140 Å². The topological polar surface area (TPSA) is 25.8 Å².